The number of rotatable bonds is 2. The van der Waals surface area contributed by atoms with Crippen LogP contribution in [0, 0.1) is 0 Å². The van der Waals surface area contributed by atoms with Gasteiger partial charge in [0.1, 0.15) is 0 Å². The van der Waals surface area contributed by atoms with Crippen LogP contribution in [0.25, 0.3) is 0 Å². The van der Waals surface area contributed by atoms with Crippen molar-refractivity contribution in [3.63, 3.8) is 0 Å². The van der Waals surface area contributed by atoms with E-state index in [1.807, 2.05) is 6.07 Å². The number of hydrogen-bond donors (Lipinski definition) is 1. The predicted octanol–water partition coefficient (Wildman–Crippen LogP) is 0.631. The van der Waals surface area contributed by atoms with Crippen LogP contribution in [0.2, 0.25) is 5.15 Å². The lowest BCUT2D eigenvalue weighted by atomic mass is 10.3. The van der Waals surface area contributed by atoms with Crippen molar-refractivity contribution in [3.05, 3.63) is 23.0 Å². The number of nitrogens with two attached hydrogens (primary N) is 1. The van der Waals surface area contributed by atoms with Crippen LogP contribution in [0.15, 0.2) is 12.1 Å². The Morgan fingerprint density at radius 1 is 1.40 bits per heavy atom. The zero-order chi connectivity index (χ0) is 7.40. The van der Waals surface area contributed by atoms with Crippen LogP contribution in [0.5, 0.6) is 0 Å². The summed E-state index contributed by atoms with van der Waals surface area (Å²) in [6.07, 6.45) is 0.754. The highest BCUT2D eigenvalue weighted by atomic mass is 35.5. The maximum Gasteiger partial charge on any atom is 0.151 e. The molecule has 2 N–H and O–H groups in total. The van der Waals surface area contributed by atoms with Crippen LogP contribution < -0.4 is 5.73 Å². The molecule has 0 fully saturated rings. The van der Waals surface area contributed by atoms with Gasteiger partial charge in [-0.15, -0.1) is 5.10 Å². The fourth-order valence-corrected chi connectivity index (χ4v) is 0.726. The normalized spacial score (nSPS) is 9.80. The summed E-state index contributed by atoms with van der Waals surface area (Å²) in [4.78, 5) is 0. The lowest BCUT2D eigenvalue weighted by Gasteiger charge is -1.93. The number of nitrogens with zero attached hydrogens (tertiary/aromatic N) is 2. The molecule has 1 heterocycles. The van der Waals surface area contributed by atoms with E-state index in [1.54, 1.807) is 6.07 Å². The number of hydrogen-bond acceptors (Lipinski definition) is 3. The van der Waals surface area contributed by atoms with Crippen molar-refractivity contribution < 1.29 is 0 Å². The molecule has 0 amide bonds. The number of halogens is 1. The molecule has 0 saturated heterocycles. The largest absolute Gasteiger partial charge is 0.330 e. The van der Waals surface area contributed by atoms with E-state index in [0.29, 0.717) is 11.7 Å². The fourth-order valence-electron chi connectivity index (χ4n) is 0.625. The molecular formula is C6H8ClN3. The van der Waals surface area contributed by atoms with Gasteiger partial charge >= 0.3 is 0 Å². The lowest BCUT2D eigenvalue weighted by Crippen LogP contribution is -2.04. The highest BCUT2D eigenvalue weighted by molar-refractivity contribution is 6.29. The van der Waals surface area contributed by atoms with Crippen LogP contribution in [0.1, 0.15) is 5.69 Å². The molecule has 1 aromatic rings. The van der Waals surface area contributed by atoms with Gasteiger partial charge in [0.05, 0.1) is 5.69 Å². The van der Waals surface area contributed by atoms with Gasteiger partial charge in [-0.25, -0.2) is 0 Å². The highest BCUT2D eigenvalue weighted by Crippen LogP contribution is 2.01. The molecule has 0 spiro atoms. The van der Waals surface area contributed by atoms with Crippen LogP contribution in [0.4, 0.5) is 0 Å². The molecule has 0 unspecified atom stereocenters. The Kier molecular flexibility index (Phi) is 2.59. The zero-order valence-corrected chi connectivity index (χ0v) is 6.17. The highest BCUT2D eigenvalue weighted by Gasteiger charge is 1.92. The molecule has 0 aliphatic rings. The van der Waals surface area contributed by atoms with E-state index in [4.69, 9.17) is 17.3 Å². The molecule has 0 saturated carbocycles. The SMILES string of the molecule is NCCc1ccc(Cl)nn1. The molecule has 0 aromatic carbocycles. The molecule has 10 heavy (non-hydrogen) atoms. The van der Waals surface area contributed by atoms with E-state index in [-0.39, 0.29) is 0 Å². The molecule has 0 bridgehead atoms. The fraction of sp³-hybridized carbons (Fsp3) is 0.333. The van der Waals surface area contributed by atoms with E-state index < -0.39 is 0 Å². The molecule has 4 heteroatoms. The van der Waals surface area contributed by atoms with Crippen molar-refractivity contribution in [2.75, 3.05) is 6.54 Å². The van der Waals surface area contributed by atoms with E-state index in [2.05, 4.69) is 10.2 Å². The second kappa shape index (κ2) is 3.49. The maximum atomic E-state index is 5.51. The van der Waals surface area contributed by atoms with Crippen molar-refractivity contribution in [2.24, 2.45) is 5.73 Å². The van der Waals surface area contributed by atoms with Crippen molar-refractivity contribution in [3.8, 4) is 0 Å². The Balaban J connectivity index is 2.69. The second-order valence-electron chi connectivity index (χ2n) is 1.89. The summed E-state index contributed by atoms with van der Waals surface area (Å²) < 4.78 is 0. The van der Waals surface area contributed by atoms with Gasteiger partial charge in [0.25, 0.3) is 0 Å². The lowest BCUT2D eigenvalue weighted by molar-refractivity contribution is 0.867. The van der Waals surface area contributed by atoms with Gasteiger partial charge in [-0.05, 0) is 18.7 Å². The van der Waals surface area contributed by atoms with E-state index >= 15 is 0 Å². The first-order valence-electron chi connectivity index (χ1n) is 3.01. The molecule has 0 aliphatic carbocycles. The zero-order valence-electron chi connectivity index (χ0n) is 5.42. The van der Waals surface area contributed by atoms with Gasteiger partial charge in [-0.3, -0.25) is 0 Å². The van der Waals surface area contributed by atoms with Crippen molar-refractivity contribution in [2.45, 2.75) is 6.42 Å². The summed E-state index contributed by atoms with van der Waals surface area (Å²) in [7, 11) is 0. The van der Waals surface area contributed by atoms with Gasteiger partial charge in [-0.2, -0.15) is 5.10 Å². The van der Waals surface area contributed by atoms with Crippen molar-refractivity contribution in [1.29, 1.82) is 0 Å². The molecule has 0 atom stereocenters. The standard InChI is InChI=1S/C6H8ClN3/c7-6-2-1-5(3-4-8)9-10-6/h1-2H,3-4,8H2. The molecule has 1 rings (SSSR count). The Morgan fingerprint density at radius 2 is 2.20 bits per heavy atom. The summed E-state index contributed by atoms with van der Waals surface area (Å²) in [6, 6.07) is 3.53. The van der Waals surface area contributed by atoms with Crippen LogP contribution in [-0.4, -0.2) is 16.7 Å². The van der Waals surface area contributed by atoms with Crippen molar-refractivity contribution >= 4 is 11.6 Å². The monoisotopic (exact) mass is 157 g/mol. The summed E-state index contributed by atoms with van der Waals surface area (Å²) in [5.41, 5.74) is 6.18. The van der Waals surface area contributed by atoms with E-state index in [9.17, 15) is 0 Å². The number of aromatic nitrogens is 2. The first kappa shape index (κ1) is 7.44. The predicted molar refractivity (Wildman–Crippen MR) is 39.8 cm³/mol. The third-order valence-corrected chi connectivity index (χ3v) is 1.29. The quantitative estimate of drug-likeness (QED) is 0.685. The van der Waals surface area contributed by atoms with Crippen LogP contribution in [0.3, 0.4) is 0 Å². The first-order chi connectivity index (χ1) is 4.83. The van der Waals surface area contributed by atoms with Crippen LogP contribution in [-0.2, 0) is 6.42 Å². The average Bonchev–Trinajstić information content (AvgIpc) is 1.95. The Hall–Kier alpha value is -0.670. The summed E-state index contributed by atoms with van der Waals surface area (Å²) >= 11 is 5.51. The van der Waals surface area contributed by atoms with Gasteiger partial charge in [0, 0.05) is 6.42 Å². The minimum absolute atomic E-state index is 0.417. The topological polar surface area (TPSA) is 51.8 Å². The van der Waals surface area contributed by atoms with Crippen LogP contribution >= 0.6 is 11.6 Å². The smallest absolute Gasteiger partial charge is 0.151 e. The van der Waals surface area contributed by atoms with Gasteiger partial charge in [0.2, 0.25) is 0 Å². The van der Waals surface area contributed by atoms with Gasteiger partial charge in [-0.1, -0.05) is 11.6 Å². The Morgan fingerprint density at radius 3 is 2.70 bits per heavy atom. The summed E-state index contributed by atoms with van der Waals surface area (Å²) in [5.74, 6) is 0. The Bertz CT molecular complexity index is 197. The minimum atomic E-state index is 0.417. The third-order valence-electron chi connectivity index (χ3n) is 1.09. The molecule has 0 aliphatic heterocycles. The molecule has 54 valence electrons. The molecule has 1 aromatic heterocycles. The Labute approximate surface area is 64.2 Å². The second-order valence-corrected chi connectivity index (χ2v) is 2.27. The van der Waals surface area contributed by atoms with Crippen molar-refractivity contribution in [1.82, 2.24) is 10.2 Å². The van der Waals surface area contributed by atoms with Gasteiger partial charge < -0.3 is 5.73 Å². The minimum Gasteiger partial charge on any atom is -0.330 e. The summed E-state index contributed by atoms with van der Waals surface area (Å²) in [5, 5.41) is 7.88. The third kappa shape index (κ3) is 1.93. The summed E-state index contributed by atoms with van der Waals surface area (Å²) in [6.45, 7) is 0.594. The molecule has 3 nitrogen and oxygen atoms in total. The van der Waals surface area contributed by atoms with E-state index in [1.165, 1.54) is 0 Å². The first-order valence-corrected chi connectivity index (χ1v) is 3.39. The molecular weight excluding hydrogens is 150 g/mol. The maximum absolute atomic E-state index is 5.51. The molecule has 0 radical (unpaired) electrons. The average molecular weight is 158 g/mol. The van der Waals surface area contributed by atoms with E-state index in [0.717, 1.165) is 12.1 Å². The van der Waals surface area contributed by atoms with Gasteiger partial charge in [0.15, 0.2) is 5.15 Å².